The summed E-state index contributed by atoms with van der Waals surface area (Å²) in [5.41, 5.74) is 2.25. The molecule has 1 aliphatic heterocycles. The molecule has 2 aromatic carbocycles. The number of non-ortho nitro benzene ring substituents is 1. The molecule has 0 spiro atoms. The van der Waals surface area contributed by atoms with E-state index in [9.17, 15) is 23.3 Å². The number of sulfonamides is 1. The number of hydrogen-bond acceptors (Lipinski definition) is 6. The molecule has 0 fully saturated rings. The third kappa shape index (κ3) is 4.65. The number of anilines is 1. The number of carbonyl (C=O) groups is 1. The van der Waals surface area contributed by atoms with E-state index in [1.165, 1.54) is 17.1 Å². The van der Waals surface area contributed by atoms with E-state index >= 15 is 0 Å². The number of nitrogens with zero attached hydrogens (tertiary/aromatic N) is 3. The predicted molar refractivity (Wildman–Crippen MR) is 114 cm³/mol. The first kappa shape index (κ1) is 21.4. The summed E-state index contributed by atoms with van der Waals surface area (Å²) < 4.78 is 26.2. The van der Waals surface area contributed by atoms with Crippen LogP contribution in [0.3, 0.4) is 0 Å². The molecule has 3 rings (SSSR count). The quantitative estimate of drug-likeness (QED) is 0.532. The Bertz CT molecular complexity index is 1110. The summed E-state index contributed by atoms with van der Waals surface area (Å²) in [7, 11) is -3.43. The first-order chi connectivity index (χ1) is 14.2. The molecule has 0 saturated carbocycles. The second-order valence-electron chi connectivity index (χ2n) is 6.80. The Morgan fingerprint density at radius 3 is 2.63 bits per heavy atom. The van der Waals surface area contributed by atoms with Gasteiger partial charge in [-0.15, -0.1) is 0 Å². The molecule has 0 aliphatic carbocycles. The van der Waals surface area contributed by atoms with Gasteiger partial charge in [0.05, 0.1) is 22.4 Å². The highest BCUT2D eigenvalue weighted by Gasteiger charge is 2.33. The van der Waals surface area contributed by atoms with Crippen LogP contribution >= 0.6 is 0 Å². The Kier molecular flexibility index (Phi) is 6.16. The van der Waals surface area contributed by atoms with Crippen LogP contribution in [-0.4, -0.2) is 35.7 Å². The van der Waals surface area contributed by atoms with Crippen molar-refractivity contribution < 1.29 is 18.1 Å². The molecule has 30 heavy (non-hydrogen) atoms. The topological polar surface area (TPSA) is 122 Å². The standard InChI is InChI=1S/C20H22N4O5S/c1-3-20(25)23-19(15-8-6-10-17(12-15)24(26)27)13-18(21-23)14-7-5-9-16(11-14)22-30(28,29)4-2/h5-12,19,22H,3-4,13H2,1-2H3. The van der Waals surface area contributed by atoms with Gasteiger partial charge >= 0.3 is 0 Å². The molecule has 10 heteroatoms. The van der Waals surface area contributed by atoms with Crippen LogP contribution in [0.15, 0.2) is 53.6 Å². The summed E-state index contributed by atoms with van der Waals surface area (Å²) in [6.07, 6.45) is 0.593. The number of nitro groups is 1. The van der Waals surface area contributed by atoms with Crippen LogP contribution in [0, 0.1) is 10.1 Å². The fourth-order valence-corrected chi connectivity index (χ4v) is 3.83. The normalized spacial score (nSPS) is 16.3. The number of carbonyl (C=O) groups excluding carboxylic acids is 1. The molecule has 1 N–H and O–H groups in total. The molecule has 1 amide bonds. The highest BCUT2D eigenvalue weighted by atomic mass is 32.2. The van der Waals surface area contributed by atoms with Gasteiger partial charge in [-0.05, 0) is 30.2 Å². The first-order valence-electron chi connectivity index (χ1n) is 9.49. The van der Waals surface area contributed by atoms with Gasteiger partial charge in [-0.25, -0.2) is 13.4 Å². The summed E-state index contributed by atoms with van der Waals surface area (Å²) in [4.78, 5) is 23.1. The van der Waals surface area contributed by atoms with Crippen molar-refractivity contribution in [2.24, 2.45) is 5.10 Å². The fourth-order valence-electron chi connectivity index (χ4n) is 3.20. The molecule has 1 heterocycles. The zero-order valence-electron chi connectivity index (χ0n) is 16.6. The van der Waals surface area contributed by atoms with E-state index in [2.05, 4.69) is 9.82 Å². The number of nitro benzene ring substituents is 1. The summed E-state index contributed by atoms with van der Waals surface area (Å²) in [5.74, 6) is -0.254. The van der Waals surface area contributed by atoms with Crippen molar-refractivity contribution in [3.8, 4) is 0 Å². The van der Waals surface area contributed by atoms with Gasteiger partial charge in [-0.1, -0.05) is 31.2 Å². The molecule has 0 aromatic heterocycles. The van der Waals surface area contributed by atoms with Crippen LogP contribution in [0.4, 0.5) is 11.4 Å². The SMILES string of the molecule is CCC(=O)N1N=C(c2cccc(NS(=O)(=O)CC)c2)CC1c1cccc([N+](=O)[O-])c1. The second-order valence-corrected chi connectivity index (χ2v) is 8.81. The minimum Gasteiger partial charge on any atom is -0.284 e. The molecule has 9 nitrogen and oxygen atoms in total. The summed E-state index contributed by atoms with van der Waals surface area (Å²) in [5, 5.41) is 17.0. The zero-order valence-corrected chi connectivity index (χ0v) is 17.4. The Balaban J connectivity index is 1.95. The van der Waals surface area contributed by atoms with Crippen LogP contribution in [0.25, 0.3) is 0 Å². The minimum atomic E-state index is -3.43. The van der Waals surface area contributed by atoms with Crippen LogP contribution in [-0.2, 0) is 14.8 Å². The fraction of sp³-hybridized carbons (Fsp3) is 0.300. The number of rotatable bonds is 7. The molecule has 0 bridgehead atoms. The molecule has 1 aliphatic rings. The minimum absolute atomic E-state index is 0.0498. The van der Waals surface area contributed by atoms with Gasteiger partial charge < -0.3 is 0 Å². The molecule has 1 atom stereocenters. The van der Waals surface area contributed by atoms with Gasteiger partial charge in [0.25, 0.3) is 5.69 Å². The summed E-state index contributed by atoms with van der Waals surface area (Å²) in [6.45, 7) is 3.27. The molecule has 2 aromatic rings. The van der Waals surface area contributed by atoms with E-state index in [-0.39, 0.29) is 23.8 Å². The zero-order chi connectivity index (χ0) is 21.9. The Morgan fingerprint density at radius 1 is 1.23 bits per heavy atom. The Morgan fingerprint density at radius 2 is 1.97 bits per heavy atom. The highest BCUT2D eigenvalue weighted by Crippen LogP contribution is 2.35. The molecule has 158 valence electrons. The van der Waals surface area contributed by atoms with Crippen molar-refractivity contribution in [3.63, 3.8) is 0 Å². The smallest absolute Gasteiger partial charge is 0.269 e. The van der Waals surface area contributed by atoms with Crippen LogP contribution in [0.1, 0.15) is 43.9 Å². The third-order valence-electron chi connectivity index (χ3n) is 4.78. The van der Waals surface area contributed by atoms with Gasteiger partial charge in [0.2, 0.25) is 15.9 Å². The van der Waals surface area contributed by atoms with Gasteiger partial charge in [0.15, 0.2) is 0 Å². The van der Waals surface area contributed by atoms with Crippen molar-refractivity contribution >= 4 is 33.0 Å². The number of benzene rings is 2. The first-order valence-corrected chi connectivity index (χ1v) is 11.1. The van der Waals surface area contributed by atoms with Crippen molar-refractivity contribution in [1.29, 1.82) is 0 Å². The maximum atomic E-state index is 12.5. The maximum Gasteiger partial charge on any atom is 0.269 e. The van der Waals surface area contributed by atoms with E-state index < -0.39 is 21.0 Å². The molecular formula is C20H22N4O5S. The predicted octanol–water partition coefficient (Wildman–Crippen LogP) is 3.44. The molecule has 0 radical (unpaired) electrons. The number of hydrazone groups is 1. The Hall–Kier alpha value is -3.27. The number of amides is 1. The van der Waals surface area contributed by atoms with Crippen LogP contribution in [0.5, 0.6) is 0 Å². The Labute approximate surface area is 174 Å². The van der Waals surface area contributed by atoms with Gasteiger partial charge in [0.1, 0.15) is 0 Å². The van der Waals surface area contributed by atoms with Crippen LogP contribution in [0.2, 0.25) is 0 Å². The summed E-state index contributed by atoms with van der Waals surface area (Å²) in [6, 6.07) is 12.5. The summed E-state index contributed by atoms with van der Waals surface area (Å²) >= 11 is 0. The lowest BCUT2D eigenvalue weighted by Gasteiger charge is -2.21. The second kappa shape index (κ2) is 8.62. The average molecular weight is 430 g/mol. The van der Waals surface area contributed by atoms with Crippen LogP contribution < -0.4 is 4.72 Å². The lowest BCUT2D eigenvalue weighted by atomic mass is 9.97. The number of nitrogens with one attached hydrogen (secondary N) is 1. The molecule has 0 saturated heterocycles. The van der Waals surface area contributed by atoms with E-state index in [0.29, 0.717) is 28.9 Å². The molecule has 1 unspecified atom stereocenters. The van der Waals surface area contributed by atoms with Crippen molar-refractivity contribution in [2.75, 3.05) is 10.5 Å². The third-order valence-corrected chi connectivity index (χ3v) is 6.09. The van der Waals surface area contributed by atoms with Gasteiger partial charge in [-0.2, -0.15) is 5.10 Å². The maximum absolute atomic E-state index is 12.5. The average Bonchev–Trinajstić information content (AvgIpc) is 3.19. The van der Waals surface area contributed by atoms with E-state index in [0.717, 1.165) is 0 Å². The van der Waals surface area contributed by atoms with Gasteiger partial charge in [0, 0.05) is 30.7 Å². The lowest BCUT2D eigenvalue weighted by Crippen LogP contribution is -2.26. The monoisotopic (exact) mass is 430 g/mol. The van der Waals surface area contributed by atoms with Crippen molar-refractivity contribution in [2.45, 2.75) is 32.7 Å². The lowest BCUT2D eigenvalue weighted by molar-refractivity contribution is -0.384. The van der Waals surface area contributed by atoms with E-state index in [4.69, 9.17) is 0 Å². The van der Waals surface area contributed by atoms with E-state index in [1.807, 2.05) is 0 Å². The highest BCUT2D eigenvalue weighted by molar-refractivity contribution is 7.92. The van der Waals surface area contributed by atoms with Crippen molar-refractivity contribution in [1.82, 2.24) is 5.01 Å². The van der Waals surface area contributed by atoms with Crippen molar-refractivity contribution in [3.05, 3.63) is 69.8 Å². The molecular weight excluding hydrogens is 408 g/mol. The van der Waals surface area contributed by atoms with E-state index in [1.54, 1.807) is 50.2 Å². The largest absolute Gasteiger partial charge is 0.284 e. The van der Waals surface area contributed by atoms with Gasteiger partial charge in [-0.3, -0.25) is 19.6 Å². The number of hydrogen-bond donors (Lipinski definition) is 1.